The Bertz CT molecular complexity index is 372. The first-order valence-electron chi connectivity index (χ1n) is 5.77. The molecule has 1 saturated carbocycles. The van der Waals surface area contributed by atoms with Crippen molar-refractivity contribution in [2.24, 2.45) is 5.73 Å². The van der Waals surface area contributed by atoms with Crippen molar-refractivity contribution in [2.75, 3.05) is 6.54 Å². The van der Waals surface area contributed by atoms with Gasteiger partial charge in [-0.1, -0.05) is 36.6 Å². The molecule has 1 aromatic carbocycles. The van der Waals surface area contributed by atoms with Gasteiger partial charge in [0.2, 0.25) is 0 Å². The lowest BCUT2D eigenvalue weighted by atomic mass is 9.79. The molecular formula is C13H17ClFN. The van der Waals surface area contributed by atoms with Gasteiger partial charge < -0.3 is 5.73 Å². The molecule has 2 N–H and O–H groups in total. The summed E-state index contributed by atoms with van der Waals surface area (Å²) in [5.74, 6) is 0. The molecule has 0 atom stereocenters. The molecule has 3 heteroatoms. The van der Waals surface area contributed by atoms with Crippen LogP contribution in [0.5, 0.6) is 0 Å². The highest BCUT2D eigenvalue weighted by Gasteiger charge is 2.35. The number of hydrogen-bond acceptors (Lipinski definition) is 1. The predicted molar refractivity (Wildman–Crippen MR) is 65.5 cm³/mol. The first kappa shape index (κ1) is 11.9. The second kappa shape index (κ2) is 4.72. The quantitative estimate of drug-likeness (QED) is 0.860. The summed E-state index contributed by atoms with van der Waals surface area (Å²) >= 11 is 6.23. The van der Waals surface area contributed by atoms with Gasteiger partial charge in [-0.2, -0.15) is 0 Å². The van der Waals surface area contributed by atoms with Crippen molar-refractivity contribution in [1.82, 2.24) is 0 Å². The van der Waals surface area contributed by atoms with Gasteiger partial charge in [0, 0.05) is 17.0 Å². The highest BCUT2D eigenvalue weighted by Crippen LogP contribution is 2.43. The fourth-order valence-corrected chi connectivity index (χ4v) is 3.11. The van der Waals surface area contributed by atoms with Gasteiger partial charge in [0.1, 0.15) is 6.67 Å². The Morgan fingerprint density at radius 3 is 2.50 bits per heavy atom. The molecule has 1 nitrogen and oxygen atoms in total. The Balaban J connectivity index is 2.38. The number of nitrogens with two attached hydrogens (primary N) is 1. The van der Waals surface area contributed by atoms with Crippen LogP contribution in [0.25, 0.3) is 0 Å². The number of benzene rings is 1. The Morgan fingerprint density at radius 2 is 2.00 bits per heavy atom. The molecule has 2 rings (SSSR count). The largest absolute Gasteiger partial charge is 0.330 e. The number of halogens is 2. The number of rotatable bonds is 3. The standard InChI is InChI=1S/C13H17ClFN/c14-12-7-10(8-15)3-4-11(12)13(9-16)5-1-2-6-13/h3-4,7H,1-2,5-6,8-9,16H2. The lowest BCUT2D eigenvalue weighted by molar-refractivity contribution is 0.451. The fraction of sp³-hybridized carbons (Fsp3) is 0.538. The molecule has 1 aliphatic rings. The molecule has 0 saturated heterocycles. The Labute approximate surface area is 101 Å². The van der Waals surface area contributed by atoms with Gasteiger partial charge in [-0.15, -0.1) is 0 Å². The third-order valence-corrected chi connectivity index (χ3v) is 4.02. The molecular weight excluding hydrogens is 225 g/mol. The summed E-state index contributed by atoms with van der Waals surface area (Å²) in [5, 5.41) is 0.669. The second-order valence-corrected chi connectivity index (χ2v) is 5.05. The summed E-state index contributed by atoms with van der Waals surface area (Å²) in [6.07, 6.45) is 4.60. The van der Waals surface area contributed by atoms with Crippen molar-refractivity contribution < 1.29 is 4.39 Å². The molecule has 1 fully saturated rings. The van der Waals surface area contributed by atoms with Gasteiger partial charge in [-0.05, 0) is 30.0 Å². The van der Waals surface area contributed by atoms with Gasteiger partial charge in [0.15, 0.2) is 0 Å². The van der Waals surface area contributed by atoms with Gasteiger partial charge in [-0.25, -0.2) is 4.39 Å². The zero-order valence-corrected chi connectivity index (χ0v) is 10.1. The van der Waals surface area contributed by atoms with E-state index in [4.69, 9.17) is 17.3 Å². The summed E-state index contributed by atoms with van der Waals surface area (Å²) in [6.45, 7) is 0.164. The first-order valence-corrected chi connectivity index (χ1v) is 6.14. The molecule has 0 aliphatic heterocycles. The van der Waals surface area contributed by atoms with E-state index in [2.05, 4.69) is 0 Å². The van der Waals surface area contributed by atoms with Gasteiger partial charge in [-0.3, -0.25) is 0 Å². The van der Waals surface area contributed by atoms with E-state index in [9.17, 15) is 4.39 Å². The van der Waals surface area contributed by atoms with E-state index in [1.54, 1.807) is 6.07 Å². The van der Waals surface area contributed by atoms with E-state index in [1.807, 2.05) is 12.1 Å². The van der Waals surface area contributed by atoms with Crippen LogP contribution in [0.1, 0.15) is 36.8 Å². The lowest BCUT2D eigenvalue weighted by Gasteiger charge is -2.29. The van der Waals surface area contributed by atoms with Crippen LogP contribution in [0.3, 0.4) is 0 Å². The molecule has 0 radical (unpaired) electrons. The van der Waals surface area contributed by atoms with Crippen LogP contribution in [0, 0.1) is 0 Å². The topological polar surface area (TPSA) is 26.0 Å². The van der Waals surface area contributed by atoms with Crippen LogP contribution >= 0.6 is 11.6 Å². The fourth-order valence-electron chi connectivity index (χ4n) is 2.71. The summed E-state index contributed by atoms with van der Waals surface area (Å²) in [7, 11) is 0. The third kappa shape index (κ3) is 1.96. The maximum atomic E-state index is 12.5. The van der Waals surface area contributed by atoms with Crippen LogP contribution in [0.15, 0.2) is 18.2 Å². The molecule has 16 heavy (non-hydrogen) atoms. The molecule has 0 heterocycles. The van der Waals surface area contributed by atoms with Crippen molar-refractivity contribution in [1.29, 1.82) is 0 Å². The summed E-state index contributed by atoms with van der Waals surface area (Å²) < 4.78 is 12.5. The third-order valence-electron chi connectivity index (χ3n) is 3.71. The molecule has 0 aromatic heterocycles. The predicted octanol–water partition coefficient (Wildman–Crippen LogP) is 3.58. The first-order chi connectivity index (χ1) is 7.72. The lowest BCUT2D eigenvalue weighted by Crippen LogP contribution is -2.32. The van der Waals surface area contributed by atoms with Gasteiger partial charge in [0.05, 0.1) is 0 Å². The van der Waals surface area contributed by atoms with E-state index in [-0.39, 0.29) is 5.41 Å². The summed E-state index contributed by atoms with van der Waals surface area (Å²) in [6, 6.07) is 5.50. The Kier molecular flexibility index (Phi) is 3.50. The van der Waals surface area contributed by atoms with Crippen LogP contribution in [-0.2, 0) is 12.1 Å². The molecule has 0 unspecified atom stereocenters. The average Bonchev–Trinajstić information content (AvgIpc) is 2.78. The minimum atomic E-state index is -0.463. The highest BCUT2D eigenvalue weighted by molar-refractivity contribution is 6.31. The Morgan fingerprint density at radius 1 is 1.31 bits per heavy atom. The Hall–Kier alpha value is -0.600. The molecule has 1 aromatic rings. The zero-order chi connectivity index (χ0) is 11.6. The molecule has 88 valence electrons. The van der Waals surface area contributed by atoms with E-state index < -0.39 is 6.67 Å². The summed E-state index contributed by atoms with van der Waals surface area (Å²) in [5.41, 5.74) is 7.68. The van der Waals surface area contributed by atoms with Crippen molar-refractivity contribution >= 4 is 11.6 Å². The van der Waals surface area contributed by atoms with Crippen LogP contribution in [0.2, 0.25) is 5.02 Å². The molecule has 0 spiro atoms. The zero-order valence-electron chi connectivity index (χ0n) is 9.31. The van der Waals surface area contributed by atoms with Crippen molar-refractivity contribution in [3.05, 3.63) is 34.3 Å². The number of hydrogen-bond donors (Lipinski definition) is 1. The summed E-state index contributed by atoms with van der Waals surface area (Å²) in [4.78, 5) is 0. The van der Waals surface area contributed by atoms with Gasteiger partial charge in [0.25, 0.3) is 0 Å². The van der Waals surface area contributed by atoms with E-state index in [0.717, 1.165) is 18.4 Å². The minimum absolute atomic E-state index is 0.0337. The average molecular weight is 242 g/mol. The van der Waals surface area contributed by atoms with Crippen molar-refractivity contribution in [3.63, 3.8) is 0 Å². The maximum Gasteiger partial charge on any atom is 0.115 e. The minimum Gasteiger partial charge on any atom is -0.330 e. The molecule has 0 bridgehead atoms. The normalized spacial score (nSPS) is 18.9. The SMILES string of the molecule is NCC1(c2ccc(CF)cc2Cl)CCCC1. The van der Waals surface area contributed by atoms with E-state index in [0.29, 0.717) is 17.1 Å². The molecule has 1 aliphatic carbocycles. The van der Waals surface area contributed by atoms with Crippen molar-refractivity contribution in [2.45, 2.75) is 37.8 Å². The second-order valence-electron chi connectivity index (χ2n) is 4.64. The molecule has 0 amide bonds. The van der Waals surface area contributed by atoms with Crippen LogP contribution in [-0.4, -0.2) is 6.54 Å². The van der Waals surface area contributed by atoms with Crippen molar-refractivity contribution in [3.8, 4) is 0 Å². The van der Waals surface area contributed by atoms with E-state index in [1.165, 1.54) is 12.8 Å². The van der Waals surface area contributed by atoms with Gasteiger partial charge >= 0.3 is 0 Å². The number of alkyl halides is 1. The smallest absolute Gasteiger partial charge is 0.115 e. The van der Waals surface area contributed by atoms with E-state index >= 15 is 0 Å². The van der Waals surface area contributed by atoms with Crippen LogP contribution < -0.4 is 5.73 Å². The monoisotopic (exact) mass is 241 g/mol. The maximum absolute atomic E-state index is 12.5. The highest BCUT2D eigenvalue weighted by atomic mass is 35.5. The van der Waals surface area contributed by atoms with Crippen LogP contribution in [0.4, 0.5) is 4.39 Å².